The average molecular weight is 369 g/mol. The van der Waals surface area contributed by atoms with E-state index < -0.39 is 0 Å². The zero-order chi connectivity index (χ0) is 17.9. The smallest absolute Gasteiger partial charge is 0.222 e. The summed E-state index contributed by atoms with van der Waals surface area (Å²) in [5.74, 6) is 0.0228. The molecule has 5 heteroatoms. The topological polar surface area (TPSA) is 54.1 Å². The Kier molecular flexibility index (Phi) is 4.96. The summed E-state index contributed by atoms with van der Waals surface area (Å²) in [4.78, 5) is 15.6. The summed E-state index contributed by atoms with van der Waals surface area (Å²) in [6, 6.07) is 14.0. The zero-order valence-electron chi connectivity index (χ0n) is 14.4. The minimum absolute atomic E-state index is 0.0228. The van der Waals surface area contributed by atoms with E-state index in [1.54, 1.807) is 0 Å². The van der Waals surface area contributed by atoms with Gasteiger partial charge in [-0.25, -0.2) is 0 Å². The van der Waals surface area contributed by atoms with Crippen LogP contribution < -0.4 is 5.32 Å². The molecule has 0 radical (unpaired) electrons. The van der Waals surface area contributed by atoms with Gasteiger partial charge in [0.25, 0.3) is 0 Å². The van der Waals surface area contributed by atoms with Gasteiger partial charge in [0.05, 0.1) is 19.1 Å². The van der Waals surface area contributed by atoms with Crippen molar-refractivity contribution >= 4 is 28.4 Å². The van der Waals surface area contributed by atoms with Crippen LogP contribution in [0, 0.1) is 0 Å². The summed E-state index contributed by atoms with van der Waals surface area (Å²) in [6.07, 6.45) is 3.89. The Labute approximate surface area is 157 Å². The van der Waals surface area contributed by atoms with Crippen molar-refractivity contribution in [2.24, 2.45) is 0 Å². The van der Waals surface area contributed by atoms with Gasteiger partial charge in [0.2, 0.25) is 5.91 Å². The van der Waals surface area contributed by atoms with Crippen molar-refractivity contribution in [3.05, 3.63) is 70.4 Å². The minimum Gasteiger partial charge on any atom is -0.373 e. The van der Waals surface area contributed by atoms with Crippen LogP contribution in [0.15, 0.2) is 48.7 Å². The molecule has 2 N–H and O–H groups in total. The summed E-state index contributed by atoms with van der Waals surface area (Å²) in [6.45, 7) is 1.27. The molecule has 134 valence electrons. The fraction of sp³-hybridized carbons (Fsp3) is 0.286. The lowest BCUT2D eigenvalue weighted by molar-refractivity contribution is -0.124. The number of hydrogen-bond acceptors (Lipinski definition) is 2. The van der Waals surface area contributed by atoms with Crippen LogP contribution in [0.1, 0.15) is 29.2 Å². The Bertz CT molecular complexity index is 935. The van der Waals surface area contributed by atoms with Gasteiger partial charge in [-0.05, 0) is 41.7 Å². The molecule has 4 nitrogen and oxygen atoms in total. The van der Waals surface area contributed by atoms with E-state index in [1.807, 2.05) is 36.5 Å². The highest BCUT2D eigenvalue weighted by atomic mass is 35.5. The van der Waals surface area contributed by atoms with Gasteiger partial charge in [-0.1, -0.05) is 41.9 Å². The number of hydrogen-bond donors (Lipinski definition) is 2. The van der Waals surface area contributed by atoms with Crippen LogP contribution in [0.5, 0.6) is 0 Å². The molecule has 1 unspecified atom stereocenters. The molecule has 1 aliphatic heterocycles. The first kappa shape index (κ1) is 17.1. The second-order valence-corrected chi connectivity index (χ2v) is 7.05. The largest absolute Gasteiger partial charge is 0.373 e. The lowest BCUT2D eigenvalue weighted by atomic mass is 9.95. The molecule has 0 spiro atoms. The van der Waals surface area contributed by atoms with Crippen molar-refractivity contribution in [3.8, 4) is 0 Å². The summed E-state index contributed by atoms with van der Waals surface area (Å²) in [5.41, 5.74) is 4.62. The molecule has 3 aromatic rings. The minimum atomic E-state index is -0.143. The summed E-state index contributed by atoms with van der Waals surface area (Å²) in [7, 11) is 0. The van der Waals surface area contributed by atoms with E-state index >= 15 is 0 Å². The number of fused-ring (bicyclic) bond motifs is 2. The van der Waals surface area contributed by atoms with E-state index in [4.69, 9.17) is 16.3 Å². The monoisotopic (exact) mass is 368 g/mol. The first-order valence-corrected chi connectivity index (χ1v) is 9.30. The molecule has 0 bridgehead atoms. The quantitative estimate of drug-likeness (QED) is 0.709. The second-order valence-electron chi connectivity index (χ2n) is 6.62. The second kappa shape index (κ2) is 7.52. The number of rotatable bonds is 5. The third kappa shape index (κ3) is 3.62. The Hall–Kier alpha value is -2.30. The van der Waals surface area contributed by atoms with E-state index in [2.05, 4.69) is 22.4 Å². The van der Waals surface area contributed by atoms with Gasteiger partial charge in [-0.2, -0.15) is 0 Å². The normalized spacial score (nSPS) is 16.4. The first-order chi connectivity index (χ1) is 12.7. The van der Waals surface area contributed by atoms with Crippen LogP contribution in [0.4, 0.5) is 0 Å². The van der Waals surface area contributed by atoms with Crippen molar-refractivity contribution in [1.29, 1.82) is 0 Å². The molecule has 0 aliphatic carbocycles. The Morgan fingerprint density at radius 2 is 2.15 bits per heavy atom. The molecule has 1 aromatic heterocycles. The van der Waals surface area contributed by atoms with E-state index in [0.717, 1.165) is 29.3 Å². The fourth-order valence-corrected chi connectivity index (χ4v) is 3.76. The van der Waals surface area contributed by atoms with Crippen LogP contribution in [-0.2, 0) is 22.4 Å². The Morgan fingerprint density at radius 1 is 1.27 bits per heavy atom. The fourth-order valence-electron chi connectivity index (χ4n) is 3.59. The SMILES string of the molecule is O=C(CC1OCCc2ccccc21)NCCc1c[nH]c2cc(Cl)ccc12. The van der Waals surface area contributed by atoms with Gasteiger partial charge >= 0.3 is 0 Å². The summed E-state index contributed by atoms with van der Waals surface area (Å²) in [5, 5.41) is 4.88. The van der Waals surface area contributed by atoms with Crippen molar-refractivity contribution in [1.82, 2.24) is 10.3 Å². The molecule has 0 saturated heterocycles. The number of ether oxygens (including phenoxy) is 1. The zero-order valence-corrected chi connectivity index (χ0v) is 15.2. The van der Waals surface area contributed by atoms with E-state index in [0.29, 0.717) is 24.6 Å². The predicted octanol–water partition coefficient (Wildman–Crippen LogP) is 4.18. The number of carbonyl (C=O) groups is 1. The molecule has 26 heavy (non-hydrogen) atoms. The van der Waals surface area contributed by atoms with Crippen LogP contribution in [-0.4, -0.2) is 24.0 Å². The van der Waals surface area contributed by atoms with E-state index in [1.165, 1.54) is 11.1 Å². The van der Waals surface area contributed by atoms with Crippen molar-refractivity contribution in [3.63, 3.8) is 0 Å². The molecule has 1 aliphatic rings. The lowest BCUT2D eigenvalue weighted by Gasteiger charge is -2.25. The van der Waals surface area contributed by atoms with Crippen LogP contribution in [0.25, 0.3) is 10.9 Å². The summed E-state index contributed by atoms with van der Waals surface area (Å²) < 4.78 is 5.82. The average Bonchev–Trinajstić information content (AvgIpc) is 3.04. The molecule has 0 saturated carbocycles. The highest BCUT2D eigenvalue weighted by molar-refractivity contribution is 6.31. The maximum atomic E-state index is 12.3. The van der Waals surface area contributed by atoms with Crippen LogP contribution >= 0.6 is 11.6 Å². The molecule has 2 aromatic carbocycles. The molecule has 2 heterocycles. The third-order valence-electron chi connectivity index (χ3n) is 4.91. The van der Waals surface area contributed by atoms with Crippen LogP contribution in [0.3, 0.4) is 0 Å². The van der Waals surface area contributed by atoms with Crippen molar-refractivity contribution in [2.45, 2.75) is 25.4 Å². The Balaban J connectivity index is 1.33. The Morgan fingerprint density at radius 3 is 3.08 bits per heavy atom. The van der Waals surface area contributed by atoms with E-state index in [9.17, 15) is 4.79 Å². The maximum absolute atomic E-state index is 12.3. The number of H-pyrrole nitrogens is 1. The van der Waals surface area contributed by atoms with E-state index in [-0.39, 0.29) is 12.0 Å². The molecule has 0 fully saturated rings. The van der Waals surface area contributed by atoms with Crippen molar-refractivity contribution < 1.29 is 9.53 Å². The first-order valence-electron chi connectivity index (χ1n) is 8.92. The predicted molar refractivity (Wildman–Crippen MR) is 103 cm³/mol. The van der Waals surface area contributed by atoms with Gasteiger partial charge in [0.1, 0.15) is 0 Å². The maximum Gasteiger partial charge on any atom is 0.222 e. The van der Waals surface area contributed by atoms with Gasteiger partial charge in [-0.3, -0.25) is 4.79 Å². The number of amides is 1. The number of aromatic amines is 1. The van der Waals surface area contributed by atoms with Crippen LogP contribution in [0.2, 0.25) is 5.02 Å². The number of carbonyl (C=O) groups excluding carboxylic acids is 1. The third-order valence-corrected chi connectivity index (χ3v) is 5.14. The highest BCUT2D eigenvalue weighted by Crippen LogP contribution is 2.29. The molecular formula is C21H21ClN2O2. The molecule has 4 rings (SSSR count). The van der Waals surface area contributed by atoms with Gasteiger partial charge in [0.15, 0.2) is 0 Å². The van der Waals surface area contributed by atoms with Crippen molar-refractivity contribution in [2.75, 3.05) is 13.2 Å². The standard InChI is InChI=1S/C21H21ClN2O2/c22-16-5-6-17-15(13-24-19(17)11-16)7-9-23-21(25)12-20-18-4-2-1-3-14(18)8-10-26-20/h1-6,11,13,20,24H,7-10,12H2,(H,23,25). The van der Waals surface area contributed by atoms with Gasteiger partial charge < -0.3 is 15.0 Å². The highest BCUT2D eigenvalue weighted by Gasteiger charge is 2.22. The number of benzene rings is 2. The number of nitrogens with one attached hydrogen (secondary N) is 2. The van der Waals surface area contributed by atoms with Gasteiger partial charge in [0, 0.05) is 28.7 Å². The number of aromatic nitrogens is 1. The van der Waals surface area contributed by atoms with Gasteiger partial charge in [-0.15, -0.1) is 0 Å². The molecule has 1 atom stereocenters. The lowest BCUT2D eigenvalue weighted by Crippen LogP contribution is -2.29. The number of halogens is 1. The molecular weight excluding hydrogens is 348 g/mol. The summed E-state index contributed by atoms with van der Waals surface area (Å²) >= 11 is 6.01. The molecule has 1 amide bonds.